The fourth-order valence-electron chi connectivity index (χ4n) is 2.83. The molecular formula is C18H16N2O5. The highest BCUT2D eigenvalue weighted by atomic mass is 16.4. The largest absolute Gasteiger partial charge is 0.502 e. The molecule has 0 aliphatic rings. The van der Waals surface area contributed by atoms with Crippen LogP contribution in [0.1, 0.15) is 29.4 Å². The lowest BCUT2D eigenvalue weighted by Crippen LogP contribution is -2.23. The van der Waals surface area contributed by atoms with E-state index >= 15 is 0 Å². The van der Waals surface area contributed by atoms with E-state index in [1.807, 2.05) is 0 Å². The average Bonchev–Trinajstić information content (AvgIpc) is 2.55. The first kappa shape index (κ1) is 16.5. The Morgan fingerprint density at radius 1 is 1.28 bits per heavy atom. The number of carbonyl (C=O) groups excluding carboxylic acids is 1. The van der Waals surface area contributed by atoms with Crippen molar-refractivity contribution in [2.75, 3.05) is 0 Å². The van der Waals surface area contributed by atoms with Crippen LogP contribution in [0.5, 0.6) is 5.75 Å². The lowest BCUT2D eigenvalue weighted by atomic mass is 9.92. The van der Waals surface area contributed by atoms with Gasteiger partial charge in [-0.2, -0.15) is 0 Å². The molecule has 0 saturated carbocycles. The SMILES string of the molecule is Cc1cc(=O)c(O)c(C(CC(N)=O)c2cc3ccccc3[nH]c2=O)o1. The lowest BCUT2D eigenvalue weighted by molar-refractivity contribution is -0.118. The van der Waals surface area contributed by atoms with Crippen molar-refractivity contribution in [3.8, 4) is 5.75 Å². The molecule has 2 heterocycles. The third-order valence-electron chi connectivity index (χ3n) is 3.95. The number of hydrogen-bond donors (Lipinski definition) is 3. The molecule has 0 aliphatic carbocycles. The quantitative estimate of drug-likeness (QED) is 0.663. The van der Waals surface area contributed by atoms with Gasteiger partial charge in [0.05, 0.1) is 5.92 Å². The van der Waals surface area contributed by atoms with Gasteiger partial charge in [-0.25, -0.2) is 0 Å². The first-order valence-electron chi connectivity index (χ1n) is 7.60. The fraction of sp³-hybridized carbons (Fsp3) is 0.167. The van der Waals surface area contributed by atoms with Gasteiger partial charge in [0.25, 0.3) is 5.56 Å². The van der Waals surface area contributed by atoms with Gasteiger partial charge < -0.3 is 20.2 Å². The number of primary amides is 1. The zero-order valence-electron chi connectivity index (χ0n) is 13.4. The van der Waals surface area contributed by atoms with Crippen molar-refractivity contribution in [3.63, 3.8) is 0 Å². The number of aromatic nitrogens is 1. The van der Waals surface area contributed by atoms with E-state index in [4.69, 9.17) is 10.2 Å². The Bertz CT molecular complexity index is 1080. The third kappa shape index (κ3) is 3.16. The standard InChI is InChI=1S/C18H16N2O5/c1-9-6-14(21)16(23)17(25-9)11(8-15(19)22)12-7-10-4-2-3-5-13(10)20-18(12)24/h2-7,11,23H,8H2,1H3,(H2,19,22)(H,20,24). The van der Waals surface area contributed by atoms with E-state index in [-0.39, 0.29) is 23.5 Å². The number of para-hydroxylation sites is 1. The maximum atomic E-state index is 12.5. The average molecular weight is 340 g/mol. The van der Waals surface area contributed by atoms with E-state index in [0.29, 0.717) is 5.52 Å². The number of amides is 1. The van der Waals surface area contributed by atoms with Crippen molar-refractivity contribution >= 4 is 16.8 Å². The van der Waals surface area contributed by atoms with Crippen molar-refractivity contribution in [1.29, 1.82) is 0 Å². The highest BCUT2D eigenvalue weighted by Gasteiger charge is 2.27. The van der Waals surface area contributed by atoms with E-state index in [0.717, 1.165) is 11.5 Å². The van der Waals surface area contributed by atoms with Gasteiger partial charge in [-0.05, 0) is 24.4 Å². The molecule has 7 nitrogen and oxygen atoms in total. The van der Waals surface area contributed by atoms with Gasteiger partial charge in [-0.15, -0.1) is 0 Å². The Morgan fingerprint density at radius 3 is 2.72 bits per heavy atom. The smallest absolute Gasteiger partial charge is 0.252 e. The molecule has 1 atom stereocenters. The van der Waals surface area contributed by atoms with Gasteiger partial charge in [-0.1, -0.05) is 18.2 Å². The number of carbonyl (C=O) groups is 1. The minimum absolute atomic E-state index is 0.149. The van der Waals surface area contributed by atoms with Crippen LogP contribution in [0.3, 0.4) is 0 Å². The summed E-state index contributed by atoms with van der Waals surface area (Å²) >= 11 is 0. The molecule has 0 radical (unpaired) electrons. The Balaban J connectivity index is 2.28. The maximum Gasteiger partial charge on any atom is 0.252 e. The number of benzene rings is 1. The number of pyridine rings is 1. The Hall–Kier alpha value is -3.35. The second kappa shape index (κ2) is 6.27. The number of nitrogens with two attached hydrogens (primary N) is 1. The van der Waals surface area contributed by atoms with Crippen molar-refractivity contribution in [1.82, 2.24) is 4.98 Å². The zero-order chi connectivity index (χ0) is 18.1. The fourth-order valence-corrected chi connectivity index (χ4v) is 2.83. The van der Waals surface area contributed by atoms with Crippen LogP contribution in [0, 0.1) is 6.92 Å². The molecule has 128 valence electrons. The van der Waals surface area contributed by atoms with Crippen LogP contribution in [0.2, 0.25) is 0 Å². The number of aromatic amines is 1. The molecule has 25 heavy (non-hydrogen) atoms. The molecule has 0 spiro atoms. The zero-order valence-corrected chi connectivity index (χ0v) is 13.4. The number of rotatable bonds is 4. The molecule has 3 rings (SSSR count). The Kier molecular flexibility index (Phi) is 4.14. The van der Waals surface area contributed by atoms with Gasteiger partial charge >= 0.3 is 0 Å². The maximum absolute atomic E-state index is 12.5. The molecule has 0 saturated heterocycles. The number of hydrogen-bond acceptors (Lipinski definition) is 5. The summed E-state index contributed by atoms with van der Waals surface area (Å²) in [5.74, 6) is -2.20. The molecular weight excluding hydrogens is 324 g/mol. The van der Waals surface area contributed by atoms with Crippen LogP contribution in [-0.2, 0) is 4.79 Å². The molecule has 0 fully saturated rings. The van der Waals surface area contributed by atoms with Crippen molar-refractivity contribution < 1.29 is 14.3 Å². The number of aryl methyl sites for hydroxylation is 1. The topological polar surface area (TPSA) is 126 Å². The van der Waals surface area contributed by atoms with E-state index < -0.39 is 28.6 Å². The summed E-state index contributed by atoms with van der Waals surface area (Å²) in [6.45, 7) is 1.54. The van der Waals surface area contributed by atoms with E-state index in [2.05, 4.69) is 4.98 Å². The summed E-state index contributed by atoms with van der Waals surface area (Å²) < 4.78 is 5.46. The van der Waals surface area contributed by atoms with Crippen LogP contribution in [0.15, 0.2) is 50.4 Å². The van der Waals surface area contributed by atoms with E-state index in [1.54, 1.807) is 30.3 Å². The molecule has 1 unspecified atom stereocenters. The van der Waals surface area contributed by atoms with Gasteiger partial charge in [0.15, 0.2) is 5.76 Å². The molecule has 7 heteroatoms. The summed E-state index contributed by atoms with van der Waals surface area (Å²) in [6.07, 6.45) is -0.290. The monoisotopic (exact) mass is 340 g/mol. The lowest BCUT2D eigenvalue weighted by Gasteiger charge is -2.16. The van der Waals surface area contributed by atoms with E-state index in [1.165, 1.54) is 6.92 Å². The number of nitrogens with one attached hydrogen (secondary N) is 1. The molecule has 1 amide bonds. The van der Waals surface area contributed by atoms with Gasteiger partial charge in [0, 0.05) is 23.6 Å². The minimum atomic E-state index is -0.974. The molecule has 0 aliphatic heterocycles. The van der Waals surface area contributed by atoms with Crippen LogP contribution in [-0.4, -0.2) is 16.0 Å². The molecule has 1 aromatic carbocycles. The molecule has 4 N–H and O–H groups in total. The van der Waals surface area contributed by atoms with Gasteiger partial charge in [0.2, 0.25) is 17.1 Å². The van der Waals surface area contributed by atoms with Gasteiger partial charge in [0.1, 0.15) is 5.76 Å². The second-order valence-corrected chi connectivity index (χ2v) is 5.80. The number of H-pyrrole nitrogens is 1. The van der Waals surface area contributed by atoms with E-state index in [9.17, 15) is 19.5 Å². The molecule has 3 aromatic rings. The van der Waals surface area contributed by atoms with Crippen molar-refractivity contribution in [2.24, 2.45) is 5.73 Å². The number of aromatic hydroxyl groups is 1. The predicted molar refractivity (Wildman–Crippen MR) is 91.6 cm³/mol. The minimum Gasteiger partial charge on any atom is -0.502 e. The Labute approximate surface area is 141 Å². The summed E-state index contributed by atoms with van der Waals surface area (Å²) in [4.78, 5) is 38.6. The normalized spacial score (nSPS) is 12.2. The van der Waals surface area contributed by atoms with Crippen LogP contribution < -0.4 is 16.7 Å². The summed E-state index contributed by atoms with van der Waals surface area (Å²) in [5.41, 5.74) is 5.02. The first-order valence-corrected chi connectivity index (χ1v) is 7.60. The highest BCUT2D eigenvalue weighted by Crippen LogP contribution is 2.32. The predicted octanol–water partition coefficient (Wildman–Crippen LogP) is 1.50. The van der Waals surface area contributed by atoms with Crippen LogP contribution in [0.4, 0.5) is 0 Å². The van der Waals surface area contributed by atoms with Crippen LogP contribution in [0.25, 0.3) is 10.9 Å². The number of fused-ring (bicyclic) bond motifs is 1. The highest BCUT2D eigenvalue weighted by molar-refractivity contribution is 5.80. The van der Waals surface area contributed by atoms with Crippen molar-refractivity contribution in [3.05, 3.63) is 74.1 Å². The van der Waals surface area contributed by atoms with Crippen LogP contribution >= 0.6 is 0 Å². The third-order valence-corrected chi connectivity index (χ3v) is 3.95. The summed E-state index contributed by atoms with van der Waals surface area (Å²) in [5, 5.41) is 10.8. The second-order valence-electron chi connectivity index (χ2n) is 5.80. The Morgan fingerprint density at radius 2 is 2.00 bits per heavy atom. The molecule has 2 aromatic heterocycles. The first-order chi connectivity index (χ1) is 11.9. The van der Waals surface area contributed by atoms with Gasteiger partial charge in [-0.3, -0.25) is 14.4 Å². The molecule has 0 bridgehead atoms. The van der Waals surface area contributed by atoms with Crippen molar-refractivity contribution in [2.45, 2.75) is 19.3 Å². The summed E-state index contributed by atoms with van der Waals surface area (Å²) in [6, 6.07) is 9.85. The summed E-state index contributed by atoms with van der Waals surface area (Å²) in [7, 11) is 0.